The molecule has 4 aromatic carbocycles. The van der Waals surface area contributed by atoms with E-state index in [1.807, 2.05) is 36.4 Å². The molecule has 0 bridgehead atoms. The maximum absolute atomic E-state index is 14.9. The summed E-state index contributed by atoms with van der Waals surface area (Å²) in [5.41, 5.74) is 2.57. The fourth-order valence-corrected chi connectivity index (χ4v) is 4.90. The summed E-state index contributed by atoms with van der Waals surface area (Å²) in [6.07, 6.45) is 0.358. The highest BCUT2D eigenvalue weighted by molar-refractivity contribution is 5.88. The number of carbonyl (C=O) groups is 1. The predicted octanol–water partition coefficient (Wildman–Crippen LogP) is 6.73. The molecular formula is C29H27ClFNO3. The molecule has 180 valence electrons. The smallest absolute Gasteiger partial charge is 0.335 e. The van der Waals surface area contributed by atoms with Crippen LogP contribution in [0.2, 0.25) is 0 Å². The Morgan fingerprint density at radius 3 is 2.60 bits per heavy atom. The van der Waals surface area contributed by atoms with Crippen LogP contribution < -0.4 is 10.1 Å². The molecule has 0 radical (unpaired) electrons. The highest BCUT2D eigenvalue weighted by atomic mass is 35.5. The van der Waals surface area contributed by atoms with Crippen molar-refractivity contribution in [1.82, 2.24) is 5.32 Å². The minimum Gasteiger partial charge on any atom is -0.489 e. The van der Waals surface area contributed by atoms with Crippen molar-refractivity contribution in [2.24, 2.45) is 0 Å². The SMILES string of the molecule is C[C@@H](NC[C@H]1C[C@@H](c2cc(C(=O)O)ccc2F)c2ccccc2O1)c1cccc2ccccc12.Cl. The number of benzene rings is 4. The average Bonchev–Trinajstić information content (AvgIpc) is 2.86. The van der Waals surface area contributed by atoms with E-state index in [0.29, 0.717) is 24.3 Å². The summed E-state index contributed by atoms with van der Waals surface area (Å²) in [5.74, 6) is -1.04. The number of aromatic carboxylic acids is 1. The largest absolute Gasteiger partial charge is 0.489 e. The number of hydrogen-bond acceptors (Lipinski definition) is 3. The lowest BCUT2D eigenvalue weighted by molar-refractivity contribution is 0.0696. The molecule has 4 aromatic rings. The predicted molar refractivity (Wildman–Crippen MR) is 138 cm³/mol. The molecule has 2 N–H and O–H groups in total. The van der Waals surface area contributed by atoms with E-state index >= 15 is 0 Å². The van der Waals surface area contributed by atoms with Crippen LogP contribution in [0.25, 0.3) is 10.8 Å². The Labute approximate surface area is 210 Å². The third-order valence-corrected chi connectivity index (χ3v) is 6.65. The highest BCUT2D eigenvalue weighted by Gasteiger charge is 2.31. The standard InChI is InChI=1S/C29H26FNO3.ClH/c1-18(22-11-6-8-19-7-2-3-9-23(19)22)31-17-21-16-25(24-10-4-5-12-28(24)34-21)26-15-20(29(32)33)13-14-27(26)30;/h2-15,18,21,25,31H,16-17H2,1H3,(H,32,33);1H/t18-,21-,25-;/m1./s1. The van der Waals surface area contributed by atoms with E-state index in [9.17, 15) is 14.3 Å². The molecule has 0 aromatic heterocycles. The van der Waals surface area contributed by atoms with Crippen molar-refractivity contribution in [1.29, 1.82) is 0 Å². The summed E-state index contributed by atoms with van der Waals surface area (Å²) in [6.45, 7) is 2.71. The molecule has 0 saturated heterocycles. The van der Waals surface area contributed by atoms with Crippen LogP contribution in [0, 0.1) is 5.82 Å². The van der Waals surface area contributed by atoms with E-state index < -0.39 is 11.8 Å². The van der Waals surface area contributed by atoms with Gasteiger partial charge < -0.3 is 15.2 Å². The molecule has 0 saturated carbocycles. The second-order valence-electron chi connectivity index (χ2n) is 8.81. The zero-order valence-corrected chi connectivity index (χ0v) is 20.1. The molecule has 1 heterocycles. The molecule has 0 aliphatic carbocycles. The van der Waals surface area contributed by atoms with Crippen molar-refractivity contribution in [3.8, 4) is 5.75 Å². The Morgan fingerprint density at radius 1 is 1.03 bits per heavy atom. The maximum atomic E-state index is 14.9. The normalized spacial score (nSPS) is 17.7. The molecule has 1 aliphatic rings. The van der Waals surface area contributed by atoms with Gasteiger partial charge in [0, 0.05) is 24.1 Å². The fraction of sp³-hybridized carbons (Fsp3) is 0.207. The van der Waals surface area contributed by atoms with Crippen LogP contribution in [0.4, 0.5) is 4.39 Å². The summed E-state index contributed by atoms with van der Waals surface area (Å²) in [6, 6.07) is 26.3. The van der Waals surface area contributed by atoms with E-state index in [0.717, 1.165) is 5.56 Å². The number of rotatable bonds is 6. The molecule has 0 spiro atoms. The Hall–Kier alpha value is -3.41. The Bertz CT molecular complexity index is 1350. The molecule has 0 amide bonds. The van der Waals surface area contributed by atoms with Crippen LogP contribution in [0.15, 0.2) is 84.9 Å². The molecule has 0 fully saturated rings. The van der Waals surface area contributed by atoms with Gasteiger partial charge in [0.25, 0.3) is 0 Å². The molecule has 0 unspecified atom stereocenters. The van der Waals surface area contributed by atoms with E-state index in [1.54, 1.807) is 0 Å². The minimum atomic E-state index is -1.07. The van der Waals surface area contributed by atoms with Crippen LogP contribution in [-0.2, 0) is 0 Å². The van der Waals surface area contributed by atoms with Crippen molar-refractivity contribution >= 4 is 29.1 Å². The summed E-state index contributed by atoms with van der Waals surface area (Å²) < 4.78 is 21.1. The highest BCUT2D eigenvalue weighted by Crippen LogP contribution is 2.41. The Kier molecular flexibility index (Phi) is 7.39. The first kappa shape index (κ1) is 24.7. The van der Waals surface area contributed by atoms with Gasteiger partial charge in [0.05, 0.1) is 5.56 Å². The molecule has 5 rings (SSSR count). The van der Waals surface area contributed by atoms with E-state index in [2.05, 4.69) is 42.6 Å². The zero-order valence-electron chi connectivity index (χ0n) is 19.3. The number of para-hydroxylation sites is 1. The number of carboxylic acids is 1. The van der Waals surface area contributed by atoms with Crippen molar-refractivity contribution in [3.05, 3.63) is 113 Å². The number of carboxylic acid groups (broad SMARTS) is 1. The van der Waals surface area contributed by atoms with E-state index in [1.165, 1.54) is 34.5 Å². The molecule has 4 nitrogen and oxygen atoms in total. The molecular weight excluding hydrogens is 465 g/mol. The molecule has 3 atom stereocenters. The number of halogens is 2. The lowest BCUT2D eigenvalue weighted by atomic mass is 9.83. The first-order valence-electron chi connectivity index (χ1n) is 11.5. The lowest BCUT2D eigenvalue weighted by Crippen LogP contribution is -2.37. The van der Waals surface area contributed by atoms with Crippen LogP contribution >= 0.6 is 12.4 Å². The maximum Gasteiger partial charge on any atom is 0.335 e. The number of fused-ring (bicyclic) bond motifs is 2. The van der Waals surface area contributed by atoms with Gasteiger partial charge in [0.2, 0.25) is 0 Å². The third-order valence-electron chi connectivity index (χ3n) is 6.65. The summed E-state index contributed by atoms with van der Waals surface area (Å²) >= 11 is 0. The van der Waals surface area contributed by atoms with Crippen LogP contribution in [0.1, 0.15) is 52.4 Å². The first-order valence-corrected chi connectivity index (χ1v) is 11.5. The number of hydrogen-bond donors (Lipinski definition) is 2. The average molecular weight is 492 g/mol. The second-order valence-corrected chi connectivity index (χ2v) is 8.81. The van der Waals surface area contributed by atoms with Gasteiger partial charge in [-0.15, -0.1) is 12.4 Å². The van der Waals surface area contributed by atoms with Crippen molar-refractivity contribution < 1.29 is 19.0 Å². The molecule has 35 heavy (non-hydrogen) atoms. The van der Waals surface area contributed by atoms with Gasteiger partial charge in [-0.05, 0) is 59.5 Å². The number of nitrogens with one attached hydrogen (secondary N) is 1. The summed E-state index contributed by atoms with van der Waals surface area (Å²) in [7, 11) is 0. The van der Waals surface area contributed by atoms with Gasteiger partial charge in [-0.25, -0.2) is 9.18 Å². The van der Waals surface area contributed by atoms with Crippen LogP contribution in [0.3, 0.4) is 0 Å². The third kappa shape index (κ3) is 5.02. The Balaban J connectivity index is 0.00000289. The van der Waals surface area contributed by atoms with Crippen LogP contribution in [0.5, 0.6) is 5.75 Å². The quantitative estimate of drug-likeness (QED) is 0.314. The van der Waals surface area contributed by atoms with Crippen molar-refractivity contribution in [2.75, 3.05) is 6.54 Å². The van der Waals surface area contributed by atoms with E-state index in [4.69, 9.17) is 4.74 Å². The molecule has 6 heteroatoms. The Morgan fingerprint density at radius 2 is 1.77 bits per heavy atom. The minimum absolute atomic E-state index is 0. The van der Waals surface area contributed by atoms with Gasteiger partial charge in [0.1, 0.15) is 17.7 Å². The van der Waals surface area contributed by atoms with Crippen molar-refractivity contribution in [2.45, 2.75) is 31.4 Å². The zero-order chi connectivity index (χ0) is 23.7. The van der Waals surface area contributed by atoms with Gasteiger partial charge in [-0.1, -0.05) is 60.7 Å². The fourth-order valence-electron chi connectivity index (χ4n) is 4.90. The van der Waals surface area contributed by atoms with Gasteiger partial charge in [0.15, 0.2) is 0 Å². The summed E-state index contributed by atoms with van der Waals surface area (Å²) in [5, 5.41) is 15.4. The second kappa shape index (κ2) is 10.5. The summed E-state index contributed by atoms with van der Waals surface area (Å²) in [4.78, 5) is 11.5. The molecule has 1 aliphatic heterocycles. The van der Waals surface area contributed by atoms with Gasteiger partial charge in [-0.2, -0.15) is 0 Å². The monoisotopic (exact) mass is 491 g/mol. The van der Waals surface area contributed by atoms with Crippen molar-refractivity contribution in [3.63, 3.8) is 0 Å². The van der Waals surface area contributed by atoms with Crippen LogP contribution in [-0.4, -0.2) is 23.7 Å². The topological polar surface area (TPSA) is 58.6 Å². The first-order chi connectivity index (χ1) is 16.5. The lowest BCUT2D eigenvalue weighted by Gasteiger charge is -2.33. The van der Waals surface area contributed by atoms with Gasteiger partial charge in [-0.3, -0.25) is 0 Å². The number of ether oxygens (including phenoxy) is 1. The van der Waals surface area contributed by atoms with E-state index in [-0.39, 0.29) is 36.0 Å². The van der Waals surface area contributed by atoms with Gasteiger partial charge >= 0.3 is 5.97 Å².